The van der Waals surface area contributed by atoms with E-state index in [4.69, 9.17) is 26.8 Å². The first-order chi connectivity index (χ1) is 16.2. The second-order valence-corrected chi connectivity index (χ2v) is 9.35. The highest BCUT2D eigenvalue weighted by molar-refractivity contribution is 7.21. The number of nitrogens with zero attached hydrogens (tertiary/aromatic N) is 2. The molecular weight excluding hydrogens is 474 g/mol. The molecule has 3 N–H and O–H groups in total. The molecule has 1 aromatic carbocycles. The Kier molecular flexibility index (Phi) is 11.1. The van der Waals surface area contributed by atoms with Crippen LogP contribution in [0.3, 0.4) is 0 Å². The second kappa shape index (κ2) is 13.5. The molecule has 3 atom stereocenters. The summed E-state index contributed by atoms with van der Waals surface area (Å²) >= 11 is 5.41. The Morgan fingerprint density at radius 3 is 2.88 bits per heavy atom. The van der Waals surface area contributed by atoms with Gasteiger partial charge in [0, 0.05) is 62.0 Å². The third kappa shape index (κ3) is 8.46. The maximum atomic E-state index is 13.4. The van der Waals surface area contributed by atoms with Gasteiger partial charge in [-0.1, -0.05) is 12.6 Å². The van der Waals surface area contributed by atoms with Gasteiger partial charge in [0.2, 0.25) is 0 Å². The molecule has 0 amide bonds. The van der Waals surface area contributed by atoms with E-state index < -0.39 is 5.06 Å². The molecule has 3 unspecified atom stereocenters. The maximum Gasteiger partial charge on any atom is 0.338 e. The molecule has 186 valence electrons. The van der Waals surface area contributed by atoms with Gasteiger partial charge in [0.1, 0.15) is 5.76 Å². The van der Waals surface area contributed by atoms with Crippen LogP contribution in [0.4, 0.5) is 10.1 Å². The smallest absolute Gasteiger partial charge is 0.338 e. The standard InChI is InChI=1S/C25H35ClFN4O2P/c1-5-20(33-25(26,27)34)8-7-12-30-16-19-9-10-24(31-13-11-21(17-31)32-6-2)22(14-19)23(15-28)18(3)29-4/h5,7-10,12,14-15,21,30H,1,6,11,13,16-17,28,34H2,2-4H3/b12-7+,20-8+,23-15+,29-18?. The van der Waals surface area contributed by atoms with Crippen molar-refractivity contribution in [2.24, 2.45) is 10.7 Å². The SMILES string of the molecule is C=C/C(=C\C=C\NCc1ccc(N2CCC(OCC)C2)c(/C(=C/N)C(C)=NC)c1)OC(F)(P)Cl. The Morgan fingerprint density at radius 2 is 2.26 bits per heavy atom. The lowest BCUT2D eigenvalue weighted by molar-refractivity contribution is 0.0496. The van der Waals surface area contributed by atoms with E-state index in [0.29, 0.717) is 13.2 Å². The van der Waals surface area contributed by atoms with Gasteiger partial charge in [-0.3, -0.25) is 4.99 Å². The molecule has 0 bridgehead atoms. The van der Waals surface area contributed by atoms with Gasteiger partial charge in [-0.05, 0) is 83.2 Å². The zero-order chi connectivity index (χ0) is 25.1. The fraction of sp³-hybridized carbons (Fsp3) is 0.400. The molecule has 0 saturated carbocycles. The minimum absolute atomic E-state index is 0.209. The Hall–Kier alpha value is -2.34. The molecular formula is C25H35ClFN4O2P. The van der Waals surface area contributed by atoms with Crippen LogP contribution in [0.5, 0.6) is 0 Å². The number of rotatable bonds is 12. The minimum Gasteiger partial charge on any atom is -0.442 e. The van der Waals surface area contributed by atoms with Crippen LogP contribution in [-0.2, 0) is 16.0 Å². The maximum absolute atomic E-state index is 13.4. The summed E-state index contributed by atoms with van der Waals surface area (Å²) in [6.45, 7) is 10.6. The normalized spacial score (nSPS) is 19.4. The number of anilines is 1. The summed E-state index contributed by atoms with van der Waals surface area (Å²) in [5, 5.41) is 0.853. The summed E-state index contributed by atoms with van der Waals surface area (Å²) in [4.78, 5) is 6.69. The molecule has 1 heterocycles. The van der Waals surface area contributed by atoms with Crippen molar-refractivity contribution < 1.29 is 13.9 Å². The van der Waals surface area contributed by atoms with E-state index in [-0.39, 0.29) is 11.9 Å². The van der Waals surface area contributed by atoms with E-state index in [9.17, 15) is 4.39 Å². The van der Waals surface area contributed by atoms with E-state index in [0.717, 1.165) is 47.6 Å². The first-order valence-corrected chi connectivity index (χ1v) is 12.1. The molecule has 1 saturated heterocycles. The number of halogens is 2. The number of hydrogen-bond donors (Lipinski definition) is 2. The summed E-state index contributed by atoms with van der Waals surface area (Å²) in [7, 11) is 3.52. The van der Waals surface area contributed by atoms with E-state index in [1.54, 1.807) is 40.8 Å². The van der Waals surface area contributed by atoms with Gasteiger partial charge in [0.05, 0.1) is 6.10 Å². The van der Waals surface area contributed by atoms with Gasteiger partial charge in [-0.2, -0.15) is 4.39 Å². The molecule has 1 aromatic rings. The zero-order valence-corrected chi connectivity index (χ0v) is 22.0. The summed E-state index contributed by atoms with van der Waals surface area (Å²) in [6, 6.07) is 6.35. The molecule has 6 nitrogen and oxygen atoms in total. The lowest BCUT2D eigenvalue weighted by Crippen LogP contribution is -2.24. The van der Waals surface area contributed by atoms with Crippen molar-refractivity contribution in [3.63, 3.8) is 0 Å². The number of aliphatic imine (C=N–C) groups is 1. The van der Waals surface area contributed by atoms with E-state index in [1.165, 1.54) is 6.08 Å². The monoisotopic (exact) mass is 508 g/mol. The fourth-order valence-electron chi connectivity index (χ4n) is 3.72. The summed E-state index contributed by atoms with van der Waals surface area (Å²) in [6.07, 6.45) is 9.22. The molecule has 0 aliphatic carbocycles. The van der Waals surface area contributed by atoms with E-state index in [2.05, 4.69) is 40.0 Å². The first kappa shape index (κ1) is 27.9. The zero-order valence-electron chi connectivity index (χ0n) is 20.1. The lowest BCUT2D eigenvalue weighted by Gasteiger charge is -2.24. The summed E-state index contributed by atoms with van der Waals surface area (Å²) < 4.78 is 24.1. The quantitative estimate of drug-likeness (QED) is 0.135. The van der Waals surface area contributed by atoms with Crippen LogP contribution in [0.2, 0.25) is 0 Å². The molecule has 0 radical (unpaired) electrons. The minimum atomic E-state index is -2.37. The first-order valence-electron chi connectivity index (χ1n) is 11.2. The Bertz CT molecular complexity index is 957. The Balaban J connectivity index is 2.20. The van der Waals surface area contributed by atoms with Crippen LogP contribution >= 0.6 is 20.8 Å². The number of allylic oxidation sites excluding steroid dienone is 4. The molecule has 9 heteroatoms. The van der Waals surface area contributed by atoms with Crippen molar-refractivity contribution in [3.05, 3.63) is 72.3 Å². The van der Waals surface area contributed by atoms with Crippen molar-refractivity contribution in [1.29, 1.82) is 0 Å². The van der Waals surface area contributed by atoms with Gasteiger partial charge in [0.25, 0.3) is 0 Å². The lowest BCUT2D eigenvalue weighted by atomic mass is 9.97. The summed E-state index contributed by atoms with van der Waals surface area (Å²) in [5.41, 5.74) is 11.0. The van der Waals surface area contributed by atoms with Gasteiger partial charge in [0.15, 0.2) is 0 Å². The van der Waals surface area contributed by atoms with Crippen LogP contribution in [0.15, 0.2) is 66.2 Å². The van der Waals surface area contributed by atoms with Crippen molar-refractivity contribution in [2.75, 3.05) is 31.6 Å². The average molecular weight is 509 g/mol. The average Bonchev–Trinajstić information content (AvgIpc) is 3.26. The van der Waals surface area contributed by atoms with Gasteiger partial charge < -0.3 is 25.4 Å². The number of alkyl halides is 2. The second-order valence-electron chi connectivity index (χ2n) is 7.73. The van der Waals surface area contributed by atoms with Crippen molar-refractivity contribution in [2.45, 2.75) is 38.0 Å². The predicted molar refractivity (Wildman–Crippen MR) is 145 cm³/mol. The largest absolute Gasteiger partial charge is 0.442 e. The molecule has 1 aliphatic heterocycles. The van der Waals surface area contributed by atoms with Crippen molar-refractivity contribution in [3.8, 4) is 0 Å². The fourth-order valence-corrected chi connectivity index (χ4v) is 3.94. The Morgan fingerprint density at radius 1 is 1.50 bits per heavy atom. The molecule has 34 heavy (non-hydrogen) atoms. The van der Waals surface area contributed by atoms with Crippen molar-refractivity contribution >= 4 is 37.8 Å². The van der Waals surface area contributed by atoms with Crippen LogP contribution in [0, 0.1) is 0 Å². The third-order valence-electron chi connectivity index (χ3n) is 5.37. The van der Waals surface area contributed by atoms with Gasteiger partial charge >= 0.3 is 5.06 Å². The van der Waals surface area contributed by atoms with Crippen LogP contribution in [0.1, 0.15) is 31.4 Å². The van der Waals surface area contributed by atoms with Crippen LogP contribution in [0.25, 0.3) is 5.57 Å². The number of benzene rings is 1. The molecule has 0 aromatic heterocycles. The van der Waals surface area contributed by atoms with Gasteiger partial charge in [-0.25, -0.2) is 0 Å². The molecule has 1 fully saturated rings. The number of ether oxygens (including phenoxy) is 2. The topological polar surface area (TPSA) is 72.1 Å². The molecule has 1 aliphatic rings. The molecule has 0 spiro atoms. The highest BCUT2D eigenvalue weighted by Crippen LogP contribution is 2.32. The molecule has 2 rings (SSSR count). The van der Waals surface area contributed by atoms with E-state index in [1.807, 2.05) is 13.8 Å². The van der Waals surface area contributed by atoms with Crippen LogP contribution < -0.4 is 16.0 Å². The van der Waals surface area contributed by atoms with Gasteiger partial charge in [-0.15, -0.1) is 0 Å². The Labute approximate surface area is 209 Å². The highest BCUT2D eigenvalue weighted by Gasteiger charge is 2.26. The number of hydrogen-bond acceptors (Lipinski definition) is 6. The third-order valence-corrected chi connectivity index (χ3v) is 5.56. The van der Waals surface area contributed by atoms with E-state index >= 15 is 0 Å². The van der Waals surface area contributed by atoms with Crippen LogP contribution in [-0.4, -0.2) is 43.6 Å². The predicted octanol–water partition coefficient (Wildman–Crippen LogP) is 5.08. The van der Waals surface area contributed by atoms with Crippen molar-refractivity contribution in [1.82, 2.24) is 5.32 Å². The highest BCUT2D eigenvalue weighted by atomic mass is 35.5. The summed E-state index contributed by atoms with van der Waals surface area (Å²) in [5.74, 6) is 0.209. The number of nitrogens with one attached hydrogen (secondary N) is 1. The number of nitrogens with two attached hydrogens (primary N) is 1.